The van der Waals surface area contributed by atoms with Crippen LogP contribution in [0, 0.1) is 0 Å². The van der Waals surface area contributed by atoms with Crippen molar-refractivity contribution >= 4 is 41.4 Å². The van der Waals surface area contributed by atoms with Gasteiger partial charge in [0.2, 0.25) is 28.7 Å². The lowest BCUT2D eigenvalue weighted by molar-refractivity contribution is -0.131. The number of nitrogens with one attached hydrogen (secondary N) is 4. The molecule has 43 heavy (non-hydrogen) atoms. The lowest BCUT2D eigenvalue weighted by atomic mass is 10.0. The summed E-state index contributed by atoms with van der Waals surface area (Å²) in [6.07, 6.45) is 0.563. The van der Waals surface area contributed by atoms with E-state index in [9.17, 15) is 29.1 Å². The van der Waals surface area contributed by atoms with Crippen molar-refractivity contribution < 1.29 is 29.1 Å². The van der Waals surface area contributed by atoms with Crippen LogP contribution in [0.4, 0.5) is 0 Å². The zero-order valence-electron chi connectivity index (χ0n) is 23.4. The quantitative estimate of drug-likeness (QED) is 0.123. The highest BCUT2D eigenvalue weighted by Crippen LogP contribution is 2.11. The molecule has 0 aliphatic rings. The summed E-state index contributed by atoms with van der Waals surface area (Å²) in [6.45, 7) is -0.861. The van der Waals surface area contributed by atoms with E-state index in [1.807, 2.05) is 36.4 Å². The highest BCUT2D eigenvalue weighted by Gasteiger charge is 2.26. The van der Waals surface area contributed by atoms with Crippen LogP contribution in [0.25, 0.3) is 0 Å². The molecule has 0 unspecified atom stereocenters. The summed E-state index contributed by atoms with van der Waals surface area (Å²) in [5.74, 6) is -2.32. The molecule has 0 fully saturated rings. The van der Waals surface area contributed by atoms with E-state index >= 15 is 0 Å². The molecule has 11 nitrogen and oxygen atoms in total. The number of aromatic hydroxyl groups is 1. The van der Waals surface area contributed by atoms with Crippen molar-refractivity contribution in [1.29, 1.82) is 0 Å². The Morgan fingerprint density at radius 3 is 1.70 bits per heavy atom. The van der Waals surface area contributed by atoms with Gasteiger partial charge in [-0.05, 0) is 35.2 Å². The van der Waals surface area contributed by atoms with Crippen LogP contribution in [-0.2, 0) is 43.2 Å². The highest BCUT2D eigenvalue weighted by molar-refractivity contribution is 7.96. The molecule has 12 heteroatoms. The van der Waals surface area contributed by atoms with Crippen molar-refractivity contribution in [3.05, 3.63) is 102 Å². The Bertz CT molecular complexity index is 1390. The molecule has 7 N–H and O–H groups in total. The topological polar surface area (TPSA) is 180 Å². The summed E-state index contributed by atoms with van der Waals surface area (Å²) in [6, 6.07) is 21.5. The maximum Gasteiger partial charge on any atom is 0.243 e. The SMILES string of the molecule is N[C@@H](Cc1ccc(O)cc1)C(=O)NCC(=O)NCC(=O)N[C@@H](Cc1ccccc1)C(=O)N[C@H](Cc1ccccc1)C(=O)S. The molecule has 0 saturated carbocycles. The van der Waals surface area contributed by atoms with Crippen LogP contribution in [0.2, 0.25) is 0 Å². The molecule has 0 aliphatic carbocycles. The van der Waals surface area contributed by atoms with E-state index in [0.717, 1.165) is 16.7 Å². The zero-order valence-corrected chi connectivity index (χ0v) is 24.3. The first-order chi connectivity index (χ1) is 20.6. The van der Waals surface area contributed by atoms with Crippen LogP contribution < -0.4 is 27.0 Å². The number of hydrogen-bond acceptors (Lipinski definition) is 7. The minimum Gasteiger partial charge on any atom is -0.508 e. The third kappa shape index (κ3) is 11.6. The number of amides is 4. The lowest BCUT2D eigenvalue weighted by Crippen LogP contribution is -2.54. The molecule has 0 aliphatic heterocycles. The van der Waals surface area contributed by atoms with Gasteiger partial charge in [-0.2, -0.15) is 0 Å². The fraction of sp³-hybridized carbons (Fsp3) is 0.258. The van der Waals surface area contributed by atoms with Gasteiger partial charge in [-0.1, -0.05) is 72.8 Å². The zero-order chi connectivity index (χ0) is 31.2. The van der Waals surface area contributed by atoms with Crippen LogP contribution >= 0.6 is 12.6 Å². The van der Waals surface area contributed by atoms with Gasteiger partial charge in [0, 0.05) is 12.8 Å². The fourth-order valence-corrected chi connectivity index (χ4v) is 4.30. The Hall–Kier alpha value is -4.68. The maximum atomic E-state index is 13.2. The molecule has 3 atom stereocenters. The fourth-order valence-electron chi connectivity index (χ4n) is 4.15. The summed E-state index contributed by atoms with van der Waals surface area (Å²) in [5, 5.41) is 19.0. The third-order valence-electron chi connectivity index (χ3n) is 6.43. The van der Waals surface area contributed by atoms with E-state index in [2.05, 4.69) is 33.9 Å². The monoisotopic (exact) mass is 605 g/mol. The second-order valence-corrected chi connectivity index (χ2v) is 10.3. The largest absolute Gasteiger partial charge is 0.508 e. The molecule has 226 valence electrons. The first kappa shape index (κ1) is 32.8. The number of rotatable bonds is 15. The van der Waals surface area contributed by atoms with Gasteiger partial charge in [0.15, 0.2) is 0 Å². The van der Waals surface area contributed by atoms with E-state index in [0.29, 0.717) is 0 Å². The standard InChI is InChI=1S/C31H35N5O6S/c32-24(15-22-11-13-23(37)14-12-22)29(40)34-18-27(38)33-19-28(39)35-25(16-20-7-3-1-4-8-20)30(41)36-26(31(42)43)17-21-9-5-2-6-10-21/h1-14,24-26,37H,15-19,32H2,(H,33,38)(H,34,40)(H,35,39)(H,36,41)(H,42,43)/t24-,25-,26+/m0/s1. The number of carbonyl (C=O) groups excluding carboxylic acids is 5. The van der Waals surface area contributed by atoms with E-state index < -0.39 is 60.0 Å². The number of thiol groups is 1. The van der Waals surface area contributed by atoms with Crippen LogP contribution in [0.1, 0.15) is 16.7 Å². The molecule has 0 heterocycles. The first-order valence-corrected chi connectivity index (χ1v) is 14.0. The Kier molecular flexibility index (Phi) is 12.7. The van der Waals surface area contributed by atoms with Gasteiger partial charge in [0.1, 0.15) is 17.8 Å². The van der Waals surface area contributed by atoms with Crippen LogP contribution in [-0.4, -0.2) is 65.1 Å². The van der Waals surface area contributed by atoms with Crippen LogP contribution in [0.3, 0.4) is 0 Å². The van der Waals surface area contributed by atoms with Gasteiger partial charge in [-0.25, -0.2) is 0 Å². The Morgan fingerprint density at radius 1 is 0.628 bits per heavy atom. The van der Waals surface area contributed by atoms with E-state index in [-0.39, 0.29) is 25.0 Å². The Labute approximate surface area is 255 Å². The average molecular weight is 606 g/mol. The predicted molar refractivity (Wildman–Crippen MR) is 164 cm³/mol. The van der Waals surface area contributed by atoms with Gasteiger partial charge in [-0.3, -0.25) is 24.0 Å². The number of carbonyl (C=O) groups is 5. The Balaban J connectivity index is 1.52. The number of benzene rings is 3. The lowest BCUT2D eigenvalue weighted by Gasteiger charge is -2.22. The number of phenols is 1. The number of phenolic OH excluding ortho intramolecular Hbond substituents is 1. The molecule has 0 spiro atoms. The number of nitrogens with two attached hydrogens (primary N) is 1. The van der Waals surface area contributed by atoms with Crippen molar-refractivity contribution in [2.45, 2.75) is 37.4 Å². The maximum absolute atomic E-state index is 13.2. The normalized spacial score (nSPS) is 12.7. The first-order valence-electron chi connectivity index (χ1n) is 13.6. The molecule has 3 aromatic carbocycles. The third-order valence-corrected chi connectivity index (χ3v) is 6.74. The minimum absolute atomic E-state index is 0.0921. The molecule has 3 rings (SSSR count). The van der Waals surface area contributed by atoms with Gasteiger partial charge in [0.05, 0.1) is 19.1 Å². The molecular formula is C31H35N5O6S. The molecule has 0 aromatic heterocycles. The molecule has 3 aromatic rings. The molecule has 0 saturated heterocycles. The second-order valence-electron chi connectivity index (χ2n) is 9.87. The number of hydrogen-bond donors (Lipinski definition) is 7. The summed E-state index contributed by atoms with van der Waals surface area (Å²) in [5.41, 5.74) is 8.24. The van der Waals surface area contributed by atoms with Crippen LogP contribution in [0.5, 0.6) is 5.75 Å². The van der Waals surface area contributed by atoms with Crippen molar-refractivity contribution in [3.63, 3.8) is 0 Å². The summed E-state index contributed by atoms with van der Waals surface area (Å²) in [7, 11) is 0. The van der Waals surface area contributed by atoms with E-state index in [4.69, 9.17) is 5.73 Å². The summed E-state index contributed by atoms with van der Waals surface area (Å²) in [4.78, 5) is 62.7. The van der Waals surface area contributed by atoms with Crippen LogP contribution in [0.15, 0.2) is 84.9 Å². The second kappa shape index (κ2) is 16.7. The van der Waals surface area contributed by atoms with Gasteiger partial charge >= 0.3 is 0 Å². The molecular weight excluding hydrogens is 570 g/mol. The summed E-state index contributed by atoms with van der Waals surface area (Å²) >= 11 is 3.93. The van der Waals surface area contributed by atoms with Gasteiger partial charge in [-0.15, -0.1) is 12.6 Å². The van der Waals surface area contributed by atoms with Gasteiger partial charge in [0.25, 0.3) is 0 Å². The van der Waals surface area contributed by atoms with E-state index in [1.54, 1.807) is 36.4 Å². The highest BCUT2D eigenvalue weighted by atomic mass is 32.1. The molecule has 0 radical (unpaired) electrons. The van der Waals surface area contributed by atoms with Crippen molar-refractivity contribution in [1.82, 2.24) is 21.3 Å². The van der Waals surface area contributed by atoms with Crippen molar-refractivity contribution in [2.75, 3.05) is 13.1 Å². The molecule has 4 amide bonds. The van der Waals surface area contributed by atoms with Gasteiger partial charge < -0.3 is 32.1 Å². The minimum atomic E-state index is -1.05. The summed E-state index contributed by atoms with van der Waals surface area (Å²) < 4.78 is 0. The van der Waals surface area contributed by atoms with Crippen molar-refractivity contribution in [2.24, 2.45) is 5.73 Å². The average Bonchev–Trinajstić information content (AvgIpc) is 3.00. The van der Waals surface area contributed by atoms with E-state index in [1.165, 1.54) is 12.1 Å². The molecule has 0 bridgehead atoms. The van der Waals surface area contributed by atoms with Crippen molar-refractivity contribution in [3.8, 4) is 5.75 Å². The predicted octanol–water partition coefficient (Wildman–Crippen LogP) is 0.406. The Morgan fingerprint density at radius 2 is 1.14 bits per heavy atom. The smallest absolute Gasteiger partial charge is 0.243 e.